The van der Waals surface area contributed by atoms with Crippen molar-refractivity contribution in [2.75, 3.05) is 0 Å². The van der Waals surface area contributed by atoms with E-state index in [9.17, 15) is 4.79 Å². The Bertz CT molecular complexity index is 711. The van der Waals surface area contributed by atoms with Gasteiger partial charge in [0.2, 0.25) is 0 Å². The molecule has 3 fully saturated rings. The lowest BCUT2D eigenvalue weighted by atomic mass is 9.47. The van der Waals surface area contributed by atoms with Crippen LogP contribution < -0.4 is 0 Å². The summed E-state index contributed by atoms with van der Waals surface area (Å²) in [6.45, 7) is 13.4. The highest BCUT2D eigenvalue weighted by Gasteiger charge is 2.59. The van der Waals surface area contributed by atoms with Gasteiger partial charge in [-0.15, -0.1) is 0 Å². The van der Waals surface area contributed by atoms with Crippen LogP contribution in [0.3, 0.4) is 0 Å². The van der Waals surface area contributed by atoms with E-state index in [1.54, 1.807) is 5.57 Å². The number of hydrogen-bond acceptors (Lipinski definition) is 2. The van der Waals surface area contributed by atoms with E-state index in [0.29, 0.717) is 10.8 Å². The van der Waals surface area contributed by atoms with Crippen molar-refractivity contribution in [3.63, 3.8) is 0 Å². The van der Waals surface area contributed by atoms with Crippen molar-refractivity contribution in [2.24, 2.45) is 46.3 Å². The topological polar surface area (TPSA) is 46.5 Å². The first-order valence-corrected chi connectivity index (χ1v) is 13.6. The first-order valence-electron chi connectivity index (χ1n) is 13.6. The predicted molar refractivity (Wildman–Crippen MR) is 130 cm³/mol. The van der Waals surface area contributed by atoms with E-state index >= 15 is 0 Å². The zero-order valence-electron chi connectivity index (χ0n) is 21.2. The van der Waals surface area contributed by atoms with Crippen LogP contribution in [0.15, 0.2) is 11.6 Å². The average molecular weight is 444 g/mol. The molecular weight excluding hydrogens is 396 g/mol. The summed E-state index contributed by atoms with van der Waals surface area (Å²) >= 11 is 0. The third-order valence-corrected chi connectivity index (χ3v) is 10.6. The van der Waals surface area contributed by atoms with Crippen molar-refractivity contribution < 1.29 is 14.6 Å². The molecule has 0 aromatic rings. The van der Waals surface area contributed by atoms with Crippen LogP contribution >= 0.6 is 0 Å². The summed E-state index contributed by atoms with van der Waals surface area (Å²) in [4.78, 5) is 10.9. The summed E-state index contributed by atoms with van der Waals surface area (Å²) in [5.41, 5.74) is 2.40. The molecule has 0 amide bonds. The van der Waals surface area contributed by atoms with E-state index in [2.05, 4.69) is 40.7 Å². The Morgan fingerprint density at radius 1 is 1.12 bits per heavy atom. The zero-order valence-corrected chi connectivity index (χ0v) is 21.2. The molecule has 0 unspecified atom stereocenters. The highest BCUT2D eigenvalue weighted by Crippen LogP contribution is 2.67. The van der Waals surface area contributed by atoms with Gasteiger partial charge in [-0.1, -0.05) is 65.5 Å². The van der Waals surface area contributed by atoms with Crippen molar-refractivity contribution in [3.05, 3.63) is 18.3 Å². The highest BCUT2D eigenvalue weighted by atomic mass is 16.5. The minimum absolute atomic E-state index is 0.0402. The number of aliphatic carboxylic acids is 1. The maximum Gasteiger partial charge on any atom is 0.336 e. The van der Waals surface area contributed by atoms with E-state index in [1.807, 2.05) is 0 Å². The second-order valence-electron chi connectivity index (χ2n) is 12.7. The minimum Gasteiger partial charge on any atom is -0.479 e. The maximum atomic E-state index is 10.9. The molecule has 0 aliphatic heterocycles. The third kappa shape index (κ3) is 4.44. The summed E-state index contributed by atoms with van der Waals surface area (Å²) in [6.07, 6.45) is 16.8. The highest BCUT2D eigenvalue weighted by molar-refractivity contribution is 5.74. The van der Waals surface area contributed by atoms with E-state index in [-0.39, 0.29) is 6.10 Å². The Hall–Kier alpha value is -0.830. The minimum atomic E-state index is -0.975. The molecule has 1 radical (unpaired) electrons. The number of allylic oxidation sites excluding steroid dienone is 1. The molecule has 0 saturated heterocycles. The first kappa shape index (κ1) is 24.3. The van der Waals surface area contributed by atoms with Gasteiger partial charge in [0.15, 0.2) is 6.61 Å². The second-order valence-corrected chi connectivity index (χ2v) is 12.7. The number of hydrogen-bond donors (Lipinski definition) is 1. The van der Waals surface area contributed by atoms with Crippen molar-refractivity contribution in [1.82, 2.24) is 0 Å². The van der Waals surface area contributed by atoms with Crippen LogP contribution in [0.1, 0.15) is 105 Å². The van der Waals surface area contributed by atoms with Gasteiger partial charge in [0.05, 0.1) is 6.10 Å². The number of fused-ring (bicyclic) bond motifs is 5. The molecule has 3 saturated carbocycles. The Morgan fingerprint density at radius 2 is 1.91 bits per heavy atom. The number of carboxylic acid groups (broad SMARTS) is 1. The Morgan fingerprint density at radius 3 is 2.62 bits per heavy atom. The van der Waals surface area contributed by atoms with Crippen LogP contribution in [0.5, 0.6) is 0 Å². The van der Waals surface area contributed by atoms with Crippen molar-refractivity contribution in [2.45, 2.75) is 111 Å². The Balaban J connectivity index is 1.44. The second kappa shape index (κ2) is 9.43. The molecule has 1 N–H and O–H groups in total. The fourth-order valence-corrected chi connectivity index (χ4v) is 8.92. The number of ether oxygens (including phenoxy) is 1. The summed E-state index contributed by atoms with van der Waals surface area (Å²) in [7, 11) is 0. The standard InChI is InChI=1S/C29H47O3/c1-19(2)7-6-8-20(3)24-11-12-25-23-10-9-21-17-22(32-18-27(30)31)13-15-28(21,4)26(23)14-16-29(24,25)5/h9,18-20,22-26H,6-8,10-17H2,1-5H3,(H,30,31)/t20-,22+,23+,24-,25+,26+,28+,29-/m1/s1. The van der Waals surface area contributed by atoms with Gasteiger partial charge in [-0.25, -0.2) is 4.79 Å². The van der Waals surface area contributed by atoms with Crippen LogP contribution in [0.2, 0.25) is 0 Å². The smallest absolute Gasteiger partial charge is 0.336 e. The predicted octanol–water partition coefficient (Wildman–Crippen LogP) is 7.66. The largest absolute Gasteiger partial charge is 0.479 e. The molecule has 3 heteroatoms. The fraction of sp³-hybridized carbons (Fsp3) is 0.862. The summed E-state index contributed by atoms with van der Waals surface area (Å²) in [6, 6.07) is 0. The van der Waals surface area contributed by atoms with Crippen molar-refractivity contribution in [3.8, 4) is 0 Å². The lowest BCUT2D eigenvalue weighted by Crippen LogP contribution is -2.51. The fourth-order valence-electron chi connectivity index (χ4n) is 8.92. The molecule has 4 aliphatic carbocycles. The molecule has 32 heavy (non-hydrogen) atoms. The lowest BCUT2D eigenvalue weighted by molar-refractivity contribution is -0.139. The monoisotopic (exact) mass is 443 g/mol. The van der Waals surface area contributed by atoms with Gasteiger partial charge in [0.1, 0.15) is 0 Å². The molecule has 0 aromatic carbocycles. The number of rotatable bonds is 8. The molecule has 0 aromatic heterocycles. The summed E-state index contributed by atoms with van der Waals surface area (Å²) in [5, 5.41) is 8.93. The molecule has 4 aliphatic rings. The zero-order chi connectivity index (χ0) is 23.1. The molecule has 0 bridgehead atoms. The van der Waals surface area contributed by atoms with Gasteiger partial charge in [-0.05, 0) is 97.7 Å². The van der Waals surface area contributed by atoms with Gasteiger partial charge in [-0.2, -0.15) is 0 Å². The Labute approximate surface area is 196 Å². The quantitative estimate of drug-likeness (QED) is 0.392. The summed E-state index contributed by atoms with van der Waals surface area (Å²) in [5.74, 6) is 4.17. The van der Waals surface area contributed by atoms with Crippen LogP contribution in [0.4, 0.5) is 0 Å². The van der Waals surface area contributed by atoms with Gasteiger partial charge in [0, 0.05) is 0 Å². The SMILES string of the molecule is CC(C)CCC[C@@H](C)[C@H]1CC[C@H]2[C@@H]3CC=C4C[C@@H](O[CH]C(=O)O)CC[C@]4(C)[C@H]3CC[C@]12C. The molecule has 0 heterocycles. The Kier molecular flexibility index (Phi) is 7.16. The summed E-state index contributed by atoms with van der Waals surface area (Å²) < 4.78 is 5.58. The number of carbonyl (C=O) groups is 1. The van der Waals surface area contributed by atoms with Gasteiger partial charge < -0.3 is 9.84 Å². The molecule has 181 valence electrons. The van der Waals surface area contributed by atoms with E-state index < -0.39 is 5.97 Å². The van der Waals surface area contributed by atoms with Crippen LogP contribution in [-0.2, 0) is 9.53 Å². The number of carboxylic acids is 1. The lowest BCUT2D eigenvalue weighted by Gasteiger charge is -2.58. The van der Waals surface area contributed by atoms with Crippen LogP contribution in [0, 0.1) is 52.9 Å². The van der Waals surface area contributed by atoms with E-state index in [4.69, 9.17) is 9.84 Å². The average Bonchev–Trinajstić information content (AvgIpc) is 3.09. The van der Waals surface area contributed by atoms with Crippen LogP contribution in [-0.4, -0.2) is 17.2 Å². The third-order valence-electron chi connectivity index (χ3n) is 10.6. The molecule has 0 spiro atoms. The molecule has 4 rings (SSSR count). The van der Waals surface area contributed by atoms with E-state index in [0.717, 1.165) is 61.4 Å². The van der Waals surface area contributed by atoms with Gasteiger partial charge in [-0.3, -0.25) is 0 Å². The van der Waals surface area contributed by atoms with E-state index in [1.165, 1.54) is 51.4 Å². The van der Waals surface area contributed by atoms with Crippen molar-refractivity contribution in [1.29, 1.82) is 0 Å². The maximum absolute atomic E-state index is 10.9. The van der Waals surface area contributed by atoms with Crippen molar-refractivity contribution >= 4 is 5.97 Å². The van der Waals surface area contributed by atoms with Gasteiger partial charge >= 0.3 is 5.97 Å². The molecule has 3 nitrogen and oxygen atoms in total. The molecular formula is C29H47O3. The normalized spacial score (nSPS) is 42.1. The van der Waals surface area contributed by atoms with Gasteiger partial charge in [0.25, 0.3) is 0 Å². The first-order chi connectivity index (χ1) is 15.1. The molecule has 8 atom stereocenters. The van der Waals surface area contributed by atoms with Crippen LogP contribution in [0.25, 0.3) is 0 Å².